The van der Waals surface area contributed by atoms with E-state index in [1.54, 1.807) is 20.8 Å². The molecule has 0 aromatic heterocycles. The van der Waals surface area contributed by atoms with Crippen LogP contribution in [0.1, 0.15) is 33.4 Å². The van der Waals surface area contributed by atoms with E-state index in [2.05, 4.69) is 4.72 Å². The van der Waals surface area contributed by atoms with E-state index >= 15 is 0 Å². The summed E-state index contributed by atoms with van der Waals surface area (Å²) in [5, 5.41) is 11.1. The maximum absolute atomic E-state index is 12.9. The van der Waals surface area contributed by atoms with Crippen molar-refractivity contribution in [2.75, 3.05) is 4.72 Å². The molecule has 0 amide bonds. The van der Waals surface area contributed by atoms with Gasteiger partial charge in [0.25, 0.3) is 15.7 Å². The molecule has 0 fully saturated rings. The Morgan fingerprint density at radius 3 is 1.84 bits per heavy atom. The minimum atomic E-state index is -3.86. The summed E-state index contributed by atoms with van der Waals surface area (Å²) in [6.45, 7) is 10.9. The second-order valence-corrected chi connectivity index (χ2v) is 7.94. The highest BCUT2D eigenvalue weighted by Gasteiger charge is 2.24. The Morgan fingerprint density at radius 1 is 0.880 bits per heavy atom. The highest BCUT2D eigenvalue weighted by Crippen LogP contribution is 2.31. The minimum Gasteiger partial charge on any atom is -0.279 e. The fourth-order valence-electron chi connectivity index (χ4n) is 2.94. The number of hydrogen-bond donors (Lipinski definition) is 1. The van der Waals surface area contributed by atoms with Crippen molar-refractivity contribution in [2.24, 2.45) is 0 Å². The Kier molecular flexibility index (Phi) is 4.90. The number of nitrogens with one attached hydrogen (secondary N) is 1. The lowest BCUT2D eigenvalue weighted by Gasteiger charge is -2.19. The van der Waals surface area contributed by atoms with Crippen LogP contribution in [0, 0.1) is 51.7 Å². The van der Waals surface area contributed by atoms with Gasteiger partial charge in [0.1, 0.15) is 0 Å². The number of nitro groups is 1. The zero-order valence-corrected chi connectivity index (χ0v) is 16.0. The summed E-state index contributed by atoms with van der Waals surface area (Å²) in [6, 6.07) is 4.30. The van der Waals surface area contributed by atoms with E-state index in [0.717, 1.165) is 16.7 Å². The average Bonchev–Trinajstić information content (AvgIpc) is 2.52. The van der Waals surface area contributed by atoms with Crippen molar-refractivity contribution in [3.63, 3.8) is 0 Å². The van der Waals surface area contributed by atoms with Gasteiger partial charge in [0.2, 0.25) is 0 Å². The fraction of sp³-hybridized carbons (Fsp3) is 0.333. The first-order chi connectivity index (χ1) is 11.5. The molecule has 25 heavy (non-hydrogen) atoms. The summed E-state index contributed by atoms with van der Waals surface area (Å²) in [6.07, 6.45) is 0. The van der Waals surface area contributed by atoms with Crippen LogP contribution >= 0.6 is 0 Å². The normalized spacial score (nSPS) is 11.4. The average molecular weight is 362 g/mol. The first kappa shape index (κ1) is 18.9. The molecule has 0 aliphatic heterocycles. The van der Waals surface area contributed by atoms with Crippen molar-refractivity contribution in [3.8, 4) is 0 Å². The zero-order chi connectivity index (χ0) is 19.1. The molecule has 6 nitrogen and oxygen atoms in total. The van der Waals surface area contributed by atoms with Crippen LogP contribution in [0.5, 0.6) is 0 Å². The van der Waals surface area contributed by atoms with Crippen molar-refractivity contribution < 1.29 is 13.3 Å². The van der Waals surface area contributed by atoms with Gasteiger partial charge in [0.05, 0.1) is 15.5 Å². The molecule has 2 rings (SSSR count). The standard InChI is InChI=1S/C18H22N2O4S/c1-10-7-8-16(9-17(10)20(21)22)19-25(23,24)18-14(5)12(3)11(2)13(4)15(18)6/h7-9,19H,1-6H3. The number of hydrogen-bond acceptors (Lipinski definition) is 4. The molecule has 0 unspecified atom stereocenters. The number of sulfonamides is 1. The summed E-state index contributed by atoms with van der Waals surface area (Å²) >= 11 is 0. The van der Waals surface area contributed by atoms with Crippen LogP contribution in [0.2, 0.25) is 0 Å². The van der Waals surface area contributed by atoms with Crippen LogP contribution in [0.4, 0.5) is 11.4 Å². The van der Waals surface area contributed by atoms with Crippen LogP contribution in [0.3, 0.4) is 0 Å². The molecule has 2 aromatic rings. The van der Waals surface area contributed by atoms with E-state index in [1.165, 1.54) is 18.2 Å². The Bertz CT molecular complexity index is 950. The van der Waals surface area contributed by atoms with Gasteiger partial charge in [-0.2, -0.15) is 0 Å². The molecule has 0 radical (unpaired) electrons. The van der Waals surface area contributed by atoms with Crippen LogP contribution < -0.4 is 4.72 Å². The van der Waals surface area contributed by atoms with Gasteiger partial charge in [-0.25, -0.2) is 8.42 Å². The third-order valence-electron chi connectivity index (χ3n) is 4.86. The van der Waals surface area contributed by atoms with Crippen molar-refractivity contribution in [1.29, 1.82) is 0 Å². The van der Waals surface area contributed by atoms with Crippen molar-refractivity contribution >= 4 is 21.4 Å². The predicted molar refractivity (Wildman–Crippen MR) is 98.8 cm³/mol. The van der Waals surface area contributed by atoms with Gasteiger partial charge in [-0.05, 0) is 75.4 Å². The van der Waals surface area contributed by atoms with E-state index in [9.17, 15) is 18.5 Å². The first-order valence-corrected chi connectivity index (χ1v) is 9.30. The molecule has 134 valence electrons. The number of aryl methyl sites for hydroxylation is 1. The molecule has 7 heteroatoms. The molecule has 0 saturated carbocycles. The van der Waals surface area contributed by atoms with Crippen LogP contribution in [0.25, 0.3) is 0 Å². The molecule has 1 N–H and O–H groups in total. The fourth-order valence-corrected chi connectivity index (χ4v) is 4.60. The maximum Gasteiger partial charge on any atom is 0.274 e. The van der Waals surface area contributed by atoms with Gasteiger partial charge < -0.3 is 0 Å². The summed E-state index contributed by atoms with van der Waals surface area (Å²) in [7, 11) is -3.86. The van der Waals surface area contributed by atoms with Crippen molar-refractivity contribution in [3.05, 3.63) is 61.7 Å². The third-order valence-corrected chi connectivity index (χ3v) is 6.51. The maximum atomic E-state index is 12.9. The number of rotatable bonds is 4. The van der Waals surface area contributed by atoms with E-state index in [4.69, 9.17) is 0 Å². The van der Waals surface area contributed by atoms with Gasteiger partial charge >= 0.3 is 0 Å². The van der Waals surface area contributed by atoms with E-state index in [-0.39, 0.29) is 16.3 Å². The highest BCUT2D eigenvalue weighted by molar-refractivity contribution is 7.92. The van der Waals surface area contributed by atoms with Gasteiger partial charge in [-0.3, -0.25) is 14.8 Å². The molecule has 0 aliphatic rings. The summed E-state index contributed by atoms with van der Waals surface area (Å²) in [5.74, 6) is 0. The first-order valence-electron chi connectivity index (χ1n) is 7.82. The van der Waals surface area contributed by atoms with Crippen molar-refractivity contribution in [1.82, 2.24) is 0 Å². The van der Waals surface area contributed by atoms with Crippen LogP contribution in [-0.4, -0.2) is 13.3 Å². The lowest BCUT2D eigenvalue weighted by molar-refractivity contribution is -0.385. The Labute approximate surface area is 148 Å². The summed E-state index contributed by atoms with van der Waals surface area (Å²) < 4.78 is 28.4. The number of nitrogens with zero attached hydrogens (tertiary/aromatic N) is 1. The number of nitro benzene ring substituents is 1. The van der Waals surface area contributed by atoms with Gasteiger partial charge in [0.15, 0.2) is 0 Å². The zero-order valence-electron chi connectivity index (χ0n) is 15.2. The van der Waals surface area contributed by atoms with Gasteiger partial charge in [0, 0.05) is 11.6 Å². The van der Waals surface area contributed by atoms with Crippen LogP contribution in [0.15, 0.2) is 23.1 Å². The summed E-state index contributed by atoms with van der Waals surface area (Å²) in [5.41, 5.74) is 4.83. The van der Waals surface area contributed by atoms with E-state index < -0.39 is 14.9 Å². The molecule has 0 heterocycles. The van der Waals surface area contributed by atoms with Crippen LogP contribution in [-0.2, 0) is 10.0 Å². The van der Waals surface area contributed by atoms with E-state index in [1.807, 2.05) is 20.8 Å². The Morgan fingerprint density at radius 2 is 1.36 bits per heavy atom. The number of benzene rings is 2. The molecular weight excluding hydrogens is 340 g/mol. The largest absolute Gasteiger partial charge is 0.279 e. The van der Waals surface area contributed by atoms with Crippen molar-refractivity contribution in [2.45, 2.75) is 46.4 Å². The third kappa shape index (κ3) is 3.37. The Hall–Kier alpha value is -2.41. The van der Waals surface area contributed by atoms with E-state index in [0.29, 0.717) is 16.7 Å². The minimum absolute atomic E-state index is 0.120. The second-order valence-electron chi connectivity index (χ2n) is 6.32. The summed E-state index contributed by atoms with van der Waals surface area (Å²) in [4.78, 5) is 10.8. The SMILES string of the molecule is Cc1ccc(NS(=O)(=O)c2c(C)c(C)c(C)c(C)c2C)cc1[N+](=O)[O-]. The lowest BCUT2D eigenvalue weighted by Crippen LogP contribution is -2.17. The van der Waals surface area contributed by atoms with Gasteiger partial charge in [-0.15, -0.1) is 0 Å². The molecule has 0 saturated heterocycles. The Balaban J connectivity index is 2.59. The topological polar surface area (TPSA) is 89.3 Å². The highest BCUT2D eigenvalue weighted by atomic mass is 32.2. The second kappa shape index (κ2) is 6.48. The molecule has 2 aromatic carbocycles. The smallest absolute Gasteiger partial charge is 0.274 e. The van der Waals surface area contributed by atoms with Gasteiger partial charge in [-0.1, -0.05) is 6.07 Å². The molecular formula is C18H22N2O4S. The molecule has 0 atom stereocenters. The molecule has 0 aliphatic carbocycles. The lowest BCUT2D eigenvalue weighted by atomic mass is 9.95. The quantitative estimate of drug-likeness (QED) is 0.650. The monoisotopic (exact) mass is 362 g/mol. The number of anilines is 1. The molecule has 0 bridgehead atoms. The molecule has 0 spiro atoms. The predicted octanol–water partition coefficient (Wildman–Crippen LogP) is 4.25.